The lowest BCUT2D eigenvalue weighted by molar-refractivity contribution is -0.152. The van der Waals surface area contributed by atoms with Crippen molar-refractivity contribution in [3.05, 3.63) is 0 Å². The van der Waals surface area contributed by atoms with Crippen LogP contribution in [0.4, 0.5) is 0 Å². The number of amides is 1. The summed E-state index contributed by atoms with van der Waals surface area (Å²) in [4.78, 5) is 22.8. The third-order valence-electron chi connectivity index (χ3n) is 4.29. The normalized spacial score (nSPS) is 35.0. The Morgan fingerprint density at radius 1 is 1.21 bits per heavy atom. The smallest absolute Gasteiger partial charge is 0.332 e. The molecular formula is C14H23NO4. The van der Waals surface area contributed by atoms with Gasteiger partial charge in [-0.1, -0.05) is 26.2 Å². The minimum absolute atomic E-state index is 0.134. The van der Waals surface area contributed by atoms with Crippen LogP contribution in [0, 0.1) is 5.92 Å². The first-order valence-corrected chi connectivity index (χ1v) is 7.28. The van der Waals surface area contributed by atoms with Crippen molar-refractivity contribution in [3.63, 3.8) is 0 Å². The molecule has 1 saturated heterocycles. The predicted molar refractivity (Wildman–Crippen MR) is 69.7 cm³/mol. The Kier molecular flexibility index (Phi) is 4.80. The van der Waals surface area contributed by atoms with Crippen molar-refractivity contribution in [1.29, 1.82) is 0 Å². The Labute approximate surface area is 113 Å². The highest BCUT2D eigenvalue weighted by Crippen LogP contribution is 2.27. The second-order valence-electron chi connectivity index (χ2n) is 5.68. The van der Waals surface area contributed by atoms with Crippen LogP contribution in [-0.4, -0.2) is 35.2 Å². The molecule has 4 unspecified atom stereocenters. The molecule has 5 nitrogen and oxygen atoms in total. The maximum atomic E-state index is 12.0. The number of ether oxygens (including phenoxy) is 1. The molecule has 5 heteroatoms. The summed E-state index contributed by atoms with van der Waals surface area (Å²) in [5, 5.41) is 11.9. The third-order valence-corrected chi connectivity index (χ3v) is 4.29. The van der Waals surface area contributed by atoms with Crippen molar-refractivity contribution in [2.45, 2.75) is 70.1 Å². The summed E-state index contributed by atoms with van der Waals surface area (Å²) in [6.07, 6.45) is 5.18. The molecule has 2 N–H and O–H groups in total. The lowest BCUT2D eigenvalue weighted by Gasteiger charge is -2.29. The Hall–Kier alpha value is -1.10. The first kappa shape index (κ1) is 14.3. The van der Waals surface area contributed by atoms with E-state index in [1.807, 2.05) is 0 Å². The topological polar surface area (TPSA) is 75.6 Å². The summed E-state index contributed by atoms with van der Waals surface area (Å²) in [7, 11) is 0. The highest BCUT2D eigenvalue weighted by Gasteiger charge is 2.35. The van der Waals surface area contributed by atoms with Gasteiger partial charge in [0.05, 0.1) is 0 Å². The van der Waals surface area contributed by atoms with Crippen molar-refractivity contribution in [3.8, 4) is 0 Å². The van der Waals surface area contributed by atoms with Crippen molar-refractivity contribution in [2.24, 2.45) is 5.92 Å². The summed E-state index contributed by atoms with van der Waals surface area (Å²) in [6, 6.07) is 0.235. The molecule has 4 atom stereocenters. The molecular weight excluding hydrogens is 246 g/mol. The highest BCUT2D eigenvalue weighted by molar-refractivity contribution is 5.82. The number of carboxylic acid groups (broad SMARTS) is 1. The maximum absolute atomic E-state index is 12.0. The predicted octanol–water partition coefficient (Wildman–Crippen LogP) is 1.70. The number of rotatable bonds is 4. The lowest BCUT2D eigenvalue weighted by atomic mass is 9.84. The van der Waals surface area contributed by atoms with E-state index >= 15 is 0 Å². The van der Waals surface area contributed by atoms with E-state index in [1.54, 1.807) is 0 Å². The molecule has 0 aromatic heterocycles. The third kappa shape index (κ3) is 3.69. The van der Waals surface area contributed by atoms with Crippen LogP contribution in [0.2, 0.25) is 0 Å². The standard InChI is InChI=1S/C14H23NO4/c1-2-9-4-3-5-10(8-9)15-13(16)11-6-7-12(19-11)14(17)18/h9-12H,2-8H2,1H3,(H,15,16)(H,17,18). The van der Waals surface area contributed by atoms with Gasteiger partial charge < -0.3 is 15.2 Å². The fraction of sp³-hybridized carbons (Fsp3) is 0.857. The molecule has 1 aliphatic heterocycles. The summed E-state index contributed by atoms with van der Waals surface area (Å²) in [5.74, 6) is -0.403. The van der Waals surface area contributed by atoms with Crippen LogP contribution >= 0.6 is 0 Å². The zero-order valence-electron chi connectivity index (χ0n) is 11.4. The zero-order valence-corrected chi connectivity index (χ0v) is 11.4. The van der Waals surface area contributed by atoms with Gasteiger partial charge in [-0.05, 0) is 31.6 Å². The number of nitrogens with one attached hydrogen (secondary N) is 1. The van der Waals surface area contributed by atoms with Crippen LogP contribution in [-0.2, 0) is 14.3 Å². The van der Waals surface area contributed by atoms with Gasteiger partial charge in [0.2, 0.25) is 5.91 Å². The number of aliphatic carboxylic acids is 1. The minimum atomic E-state index is -0.973. The molecule has 2 rings (SSSR count). The van der Waals surface area contributed by atoms with Gasteiger partial charge in [-0.3, -0.25) is 4.79 Å². The van der Waals surface area contributed by atoms with E-state index in [0.717, 1.165) is 25.7 Å². The fourth-order valence-corrected chi connectivity index (χ4v) is 3.10. The molecule has 2 aliphatic rings. The van der Waals surface area contributed by atoms with E-state index in [4.69, 9.17) is 9.84 Å². The van der Waals surface area contributed by atoms with E-state index in [0.29, 0.717) is 18.8 Å². The van der Waals surface area contributed by atoms with E-state index in [2.05, 4.69) is 12.2 Å². The molecule has 19 heavy (non-hydrogen) atoms. The fourth-order valence-electron chi connectivity index (χ4n) is 3.10. The van der Waals surface area contributed by atoms with E-state index in [9.17, 15) is 9.59 Å². The first-order chi connectivity index (χ1) is 9.10. The molecule has 1 aliphatic carbocycles. The second-order valence-corrected chi connectivity index (χ2v) is 5.68. The van der Waals surface area contributed by atoms with E-state index < -0.39 is 18.2 Å². The number of hydrogen-bond donors (Lipinski definition) is 2. The molecule has 0 aromatic carbocycles. The average molecular weight is 269 g/mol. The molecule has 0 aromatic rings. The molecule has 1 heterocycles. The van der Waals surface area contributed by atoms with Crippen molar-refractivity contribution < 1.29 is 19.4 Å². The molecule has 1 amide bonds. The monoisotopic (exact) mass is 269 g/mol. The van der Waals surface area contributed by atoms with Crippen LogP contribution in [0.25, 0.3) is 0 Å². The minimum Gasteiger partial charge on any atom is -0.479 e. The first-order valence-electron chi connectivity index (χ1n) is 7.28. The van der Waals surface area contributed by atoms with Gasteiger partial charge in [0.15, 0.2) is 6.10 Å². The quantitative estimate of drug-likeness (QED) is 0.814. The Balaban J connectivity index is 1.79. The van der Waals surface area contributed by atoms with Gasteiger partial charge >= 0.3 is 5.97 Å². The van der Waals surface area contributed by atoms with Gasteiger partial charge in [-0.25, -0.2) is 4.79 Å². The van der Waals surface area contributed by atoms with Crippen LogP contribution < -0.4 is 5.32 Å². The highest BCUT2D eigenvalue weighted by atomic mass is 16.5. The zero-order chi connectivity index (χ0) is 13.8. The Morgan fingerprint density at radius 2 is 1.95 bits per heavy atom. The summed E-state index contributed by atoms with van der Waals surface area (Å²) >= 11 is 0. The van der Waals surface area contributed by atoms with Gasteiger partial charge in [0.25, 0.3) is 0 Å². The number of carbonyl (C=O) groups is 2. The van der Waals surface area contributed by atoms with E-state index in [-0.39, 0.29) is 11.9 Å². The molecule has 0 spiro atoms. The Bertz CT molecular complexity index is 344. The molecule has 0 bridgehead atoms. The van der Waals surface area contributed by atoms with Crippen molar-refractivity contribution in [2.75, 3.05) is 0 Å². The number of carboxylic acids is 1. The largest absolute Gasteiger partial charge is 0.479 e. The molecule has 0 radical (unpaired) electrons. The summed E-state index contributed by atoms with van der Waals surface area (Å²) in [6.45, 7) is 2.19. The van der Waals surface area contributed by atoms with Crippen molar-refractivity contribution in [1.82, 2.24) is 5.32 Å². The SMILES string of the molecule is CCC1CCCC(NC(=O)C2CCC(C(=O)O)O2)C1. The van der Waals surface area contributed by atoms with Crippen LogP contribution in [0.3, 0.4) is 0 Å². The van der Waals surface area contributed by atoms with Gasteiger partial charge in [-0.15, -0.1) is 0 Å². The second kappa shape index (κ2) is 6.37. The molecule has 108 valence electrons. The van der Waals surface area contributed by atoms with Crippen molar-refractivity contribution >= 4 is 11.9 Å². The summed E-state index contributed by atoms with van der Waals surface area (Å²) in [5.41, 5.74) is 0. The molecule has 2 fully saturated rings. The maximum Gasteiger partial charge on any atom is 0.332 e. The summed E-state index contributed by atoms with van der Waals surface area (Å²) < 4.78 is 5.27. The Morgan fingerprint density at radius 3 is 2.58 bits per heavy atom. The average Bonchev–Trinajstić information content (AvgIpc) is 2.89. The van der Waals surface area contributed by atoms with Crippen LogP contribution in [0.5, 0.6) is 0 Å². The van der Waals surface area contributed by atoms with Gasteiger partial charge in [0, 0.05) is 6.04 Å². The van der Waals surface area contributed by atoms with Gasteiger partial charge in [0.1, 0.15) is 6.10 Å². The van der Waals surface area contributed by atoms with E-state index in [1.165, 1.54) is 6.42 Å². The molecule has 1 saturated carbocycles. The number of hydrogen-bond acceptors (Lipinski definition) is 3. The van der Waals surface area contributed by atoms with Crippen LogP contribution in [0.15, 0.2) is 0 Å². The van der Waals surface area contributed by atoms with Gasteiger partial charge in [-0.2, -0.15) is 0 Å². The van der Waals surface area contributed by atoms with Crippen LogP contribution in [0.1, 0.15) is 51.9 Å². The lowest BCUT2D eigenvalue weighted by Crippen LogP contribution is -2.43. The number of carbonyl (C=O) groups excluding carboxylic acids is 1.